The highest BCUT2D eigenvalue weighted by molar-refractivity contribution is 6.03. The molecule has 1 amide bonds. The molecule has 112 valence electrons. The molecule has 4 nitrogen and oxygen atoms in total. The SMILES string of the molecule is C[C@H]1C(=O)N(Cc2ccccc2)N=C(c2ccccc2)N1C. The molecule has 0 unspecified atom stereocenters. The number of hydrogen-bond acceptors (Lipinski definition) is 3. The van der Waals surface area contributed by atoms with Crippen molar-refractivity contribution in [2.45, 2.75) is 19.5 Å². The van der Waals surface area contributed by atoms with Crippen molar-refractivity contribution in [3.63, 3.8) is 0 Å². The van der Waals surface area contributed by atoms with E-state index in [9.17, 15) is 4.79 Å². The predicted molar refractivity (Wildman–Crippen MR) is 87.2 cm³/mol. The summed E-state index contributed by atoms with van der Waals surface area (Å²) in [5.41, 5.74) is 2.09. The van der Waals surface area contributed by atoms with E-state index in [0.717, 1.165) is 17.0 Å². The fourth-order valence-corrected chi connectivity index (χ4v) is 2.52. The van der Waals surface area contributed by atoms with Crippen molar-refractivity contribution in [2.75, 3.05) is 7.05 Å². The average molecular weight is 293 g/mol. The minimum absolute atomic E-state index is 0.0195. The zero-order valence-electron chi connectivity index (χ0n) is 12.8. The summed E-state index contributed by atoms with van der Waals surface area (Å²) in [6.45, 7) is 2.41. The maximum absolute atomic E-state index is 12.5. The smallest absolute Gasteiger partial charge is 0.265 e. The summed E-state index contributed by atoms with van der Waals surface area (Å²) in [4.78, 5) is 14.4. The van der Waals surface area contributed by atoms with E-state index in [1.165, 1.54) is 0 Å². The van der Waals surface area contributed by atoms with E-state index in [4.69, 9.17) is 0 Å². The van der Waals surface area contributed by atoms with Crippen LogP contribution in [0.2, 0.25) is 0 Å². The zero-order valence-corrected chi connectivity index (χ0v) is 12.8. The normalized spacial score (nSPS) is 18.4. The number of benzene rings is 2. The van der Waals surface area contributed by atoms with Crippen molar-refractivity contribution in [3.8, 4) is 0 Å². The Balaban J connectivity index is 1.95. The standard InChI is InChI=1S/C18H19N3O/c1-14-18(22)21(13-15-9-5-3-6-10-15)19-17(20(14)2)16-11-7-4-8-12-16/h3-12,14H,13H2,1-2H3/t14-/m0/s1. The van der Waals surface area contributed by atoms with Gasteiger partial charge in [0.25, 0.3) is 5.91 Å². The third-order valence-electron chi connectivity index (χ3n) is 3.95. The van der Waals surface area contributed by atoms with Crippen LogP contribution in [0.1, 0.15) is 18.1 Å². The molecule has 1 aliphatic rings. The molecule has 3 rings (SSSR count). The summed E-state index contributed by atoms with van der Waals surface area (Å²) in [5, 5.41) is 6.16. The predicted octanol–water partition coefficient (Wildman–Crippen LogP) is 2.71. The number of rotatable bonds is 3. The third-order valence-corrected chi connectivity index (χ3v) is 3.95. The van der Waals surface area contributed by atoms with Gasteiger partial charge in [-0.2, -0.15) is 5.10 Å². The lowest BCUT2D eigenvalue weighted by atomic mass is 10.1. The highest BCUT2D eigenvalue weighted by Gasteiger charge is 2.32. The molecule has 4 heteroatoms. The Morgan fingerprint density at radius 3 is 2.23 bits per heavy atom. The lowest BCUT2D eigenvalue weighted by Gasteiger charge is -2.36. The van der Waals surface area contributed by atoms with E-state index in [0.29, 0.717) is 6.54 Å². The van der Waals surface area contributed by atoms with Gasteiger partial charge in [0, 0.05) is 12.6 Å². The number of nitrogens with zero attached hydrogens (tertiary/aromatic N) is 3. The third kappa shape index (κ3) is 2.72. The Morgan fingerprint density at radius 1 is 1.00 bits per heavy atom. The first-order valence-corrected chi connectivity index (χ1v) is 7.39. The van der Waals surface area contributed by atoms with Gasteiger partial charge in [0.05, 0.1) is 6.54 Å². The van der Waals surface area contributed by atoms with Crippen LogP contribution in [-0.2, 0) is 11.3 Å². The van der Waals surface area contributed by atoms with E-state index < -0.39 is 0 Å². The van der Waals surface area contributed by atoms with E-state index in [1.54, 1.807) is 5.01 Å². The van der Waals surface area contributed by atoms with Crippen molar-refractivity contribution in [1.82, 2.24) is 9.91 Å². The molecule has 0 N–H and O–H groups in total. The van der Waals surface area contributed by atoms with Crippen LogP contribution >= 0.6 is 0 Å². The summed E-state index contributed by atoms with van der Waals surface area (Å²) < 4.78 is 0. The first kappa shape index (κ1) is 14.3. The number of hydrazone groups is 1. The van der Waals surface area contributed by atoms with Gasteiger partial charge in [0.1, 0.15) is 6.04 Å². The van der Waals surface area contributed by atoms with Crippen LogP contribution in [0.25, 0.3) is 0 Å². The fourth-order valence-electron chi connectivity index (χ4n) is 2.52. The minimum Gasteiger partial charge on any atom is -0.346 e. The van der Waals surface area contributed by atoms with Gasteiger partial charge in [-0.15, -0.1) is 0 Å². The molecule has 1 atom stereocenters. The molecule has 2 aromatic rings. The molecule has 1 aliphatic heterocycles. The van der Waals surface area contributed by atoms with E-state index in [2.05, 4.69) is 5.10 Å². The first-order valence-electron chi connectivity index (χ1n) is 7.39. The molecule has 0 spiro atoms. The quantitative estimate of drug-likeness (QED) is 0.872. The van der Waals surface area contributed by atoms with Crippen LogP contribution in [0, 0.1) is 0 Å². The monoisotopic (exact) mass is 293 g/mol. The first-order chi connectivity index (χ1) is 10.7. The van der Waals surface area contributed by atoms with Crippen LogP contribution in [-0.4, -0.2) is 34.7 Å². The average Bonchev–Trinajstić information content (AvgIpc) is 2.57. The highest BCUT2D eigenvalue weighted by atomic mass is 16.2. The van der Waals surface area contributed by atoms with Crippen molar-refractivity contribution in [1.29, 1.82) is 0 Å². The maximum Gasteiger partial charge on any atom is 0.265 e. The number of carbonyl (C=O) groups is 1. The van der Waals surface area contributed by atoms with Gasteiger partial charge in [-0.05, 0) is 12.5 Å². The number of carbonyl (C=O) groups excluding carboxylic acids is 1. The van der Waals surface area contributed by atoms with Crippen LogP contribution < -0.4 is 0 Å². The van der Waals surface area contributed by atoms with Gasteiger partial charge in [-0.25, -0.2) is 5.01 Å². The molecule has 0 aromatic heterocycles. The van der Waals surface area contributed by atoms with Gasteiger partial charge in [-0.1, -0.05) is 60.7 Å². The molecular weight excluding hydrogens is 274 g/mol. The Morgan fingerprint density at radius 2 is 1.59 bits per heavy atom. The Kier molecular flexibility index (Phi) is 3.92. The Hall–Kier alpha value is -2.62. The summed E-state index contributed by atoms with van der Waals surface area (Å²) in [5.74, 6) is 0.842. The van der Waals surface area contributed by atoms with Crippen LogP contribution in [0.15, 0.2) is 65.8 Å². The van der Waals surface area contributed by atoms with Crippen molar-refractivity contribution in [2.24, 2.45) is 5.10 Å². The molecule has 0 bridgehead atoms. The molecule has 1 heterocycles. The highest BCUT2D eigenvalue weighted by Crippen LogP contribution is 2.18. The van der Waals surface area contributed by atoms with Crippen LogP contribution in [0.5, 0.6) is 0 Å². The second-order valence-corrected chi connectivity index (χ2v) is 5.46. The van der Waals surface area contributed by atoms with Crippen molar-refractivity contribution >= 4 is 11.7 Å². The Labute approximate surface area is 130 Å². The van der Waals surface area contributed by atoms with Gasteiger partial charge in [0.2, 0.25) is 0 Å². The molecule has 0 fully saturated rings. The minimum atomic E-state index is -0.226. The number of amidine groups is 1. The Bertz CT molecular complexity index is 682. The summed E-state index contributed by atoms with van der Waals surface area (Å²) in [7, 11) is 1.91. The largest absolute Gasteiger partial charge is 0.346 e. The molecule has 0 aliphatic carbocycles. The van der Waals surface area contributed by atoms with Gasteiger partial charge < -0.3 is 4.90 Å². The second-order valence-electron chi connectivity index (χ2n) is 5.46. The molecule has 0 radical (unpaired) electrons. The van der Waals surface area contributed by atoms with Crippen LogP contribution in [0.4, 0.5) is 0 Å². The van der Waals surface area contributed by atoms with Crippen LogP contribution in [0.3, 0.4) is 0 Å². The fraction of sp³-hybridized carbons (Fsp3) is 0.222. The number of likely N-dealkylation sites (N-methyl/N-ethyl adjacent to an activating group) is 1. The van der Waals surface area contributed by atoms with Gasteiger partial charge in [-0.3, -0.25) is 4.79 Å². The summed E-state index contributed by atoms with van der Waals surface area (Å²) in [6.07, 6.45) is 0. The lowest BCUT2D eigenvalue weighted by Crippen LogP contribution is -2.51. The topological polar surface area (TPSA) is 35.9 Å². The van der Waals surface area contributed by atoms with Gasteiger partial charge in [0.15, 0.2) is 5.84 Å². The van der Waals surface area contributed by atoms with E-state index in [1.807, 2.05) is 79.5 Å². The molecule has 22 heavy (non-hydrogen) atoms. The zero-order chi connectivity index (χ0) is 15.5. The number of amides is 1. The number of hydrogen-bond donors (Lipinski definition) is 0. The molecule has 0 saturated carbocycles. The van der Waals surface area contributed by atoms with Gasteiger partial charge >= 0.3 is 0 Å². The molecule has 2 aromatic carbocycles. The lowest BCUT2D eigenvalue weighted by molar-refractivity contribution is -0.136. The van der Waals surface area contributed by atoms with Crippen molar-refractivity contribution < 1.29 is 4.79 Å². The summed E-state index contributed by atoms with van der Waals surface area (Å²) >= 11 is 0. The molecular formula is C18H19N3O. The van der Waals surface area contributed by atoms with E-state index in [-0.39, 0.29) is 11.9 Å². The van der Waals surface area contributed by atoms with E-state index >= 15 is 0 Å². The molecule has 0 saturated heterocycles. The summed E-state index contributed by atoms with van der Waals surface area (Å²) in [6, 6.07) is 19.7. The maximum atomic E-state index is 12.5. The van der Waals surface area contributed by atoms with Crippen molar-refractivity contribution in [3.05, 3.63) is 71.8 Å². The second kappa shape index (κ2) is 6.02.